The van der Waals surface area contributed by atoms with Crippen LogP contribution in [-0.2, 0) is 4.79 Å². The van der Waals surface area contributed by atoms with Gasteiger partial charge in [0, 0.05) is 12.6 Å². The SMILES string of the molecule is COc1ccc2ncc(OCCCN3CC[CH]C3C(N)=O)nc2c1. The van der Waals surface area contributed by atoms with Crippen LogP contribution < -0.4 is 15.2 Å². The van der Waals surface area contributed by atoms with Crippen LogP contribution in [0, 0.1) is 6.42 Å². The van der Waals surface area contributed by atoms with Gasteiger partial charge < -0.3 is 15.2 Å². The maximum absolute atomic E-state index is 11.3. The van der Waals surface area contributed by atoms with Crippen molar-refractivity contribution in [3.63, 3.8) is 0 Å². The summed E-state index contributed by atoms with van der Waals surface area (Å²) in [5.41, 5.74) is 6.91. The first-order valence-corrected chi connectivity index (χ1v) is 7.97. The molecule has 2 heterocycles. The van der Waals surface area contributed by atoms with E-state index in [1.54, 1.807) is 13.3 Å². The van der Waals surface area contributed by atoms with E-state index in [2.05, 4.69) is 14.9 Å². The number of hydrogen-bond donors (Lipinski definition) is 1. The van der Waals surface area contributed by atoms with Crippen LogP contribution in [0.25, 0.3) is 11.0 Å². The van der Waals surface area contributed by atoms with E-state index in [1.165, 1.54) is 0 Å². The van der Waals surface area contributed by atoms with Gasteiger partial charge in [0.25, 0.3) is 0 Å². The van der Waals surface area contributed by atoms with Crippen LogP contribution in [0.15, 0.2) is 24.4 Å². The van der Waals surface area contributed by atoms with Gasteiger partial charge in [-0.1, -0.05) is 0 Å². The number of benzene rings is 1. The van der Waals surface area contributed by atoms with E-state index < -0.39 is 0 Å². The predicted molar refractivity (Wildman–Crippen MR) is 89.7 cm³/mol. The highest BCUT2D eigenvalue weighted by atomic mass is 16.5. The molecule has 24 heavy (non-hydrogen) atoms. The molecular weight excluding hydrogens is 308 g/mol. The van der Waals surface area contributed by atoms with Crippen LogP contribution in [0.4, 0.5) is 0 Å². The monoisotopic (exact) mass is 329 g/mol. The third-order valence-corrected chi connectivity index (χ3v) is 4.06. The fraction of sp³-hybridized carbons (Fsp3) is 0.412. The molecule has 1 aliphatic rings. The van der Waals surface area contributed by atoms with Crippen molar-refractivity contribution in [3.05, 3.63) is 30.8 Å². The molecule has 7 nitrogen and oxygen atoms in total. The van der Waals surface area contributed by atoms with Gasteiger partial charge in [0.2, 0.25) is 11.8 Å². The highest BCUT2D eigenvalue weighted by molar-refractivity contribution is 5.81. The van der Waals surface area contributed by atoms with E-state index in [9.17, 15) is 4.79 Å². The summed E-state index contributed by atoms with van der Waals surface area (Å²) in [6.45, 7) is 2.13. The van der Waals surface area contributed by atoms with Crippen molar-refractivity contribution in [1.82, 2.24) is 14.9 Å². The minimum atomic E-state index is -0.289. The number of methoxy groups -OCH3 is 1. The van der Waals surface area contributed by atoms with Crippen molar-refractivity contribution in [2.24, 2.45) is 5.73 Å². The van der Waals surface area contributed by atoms with Gasteiger partial charge in [-0.15, -0.1) is 0 Å². The Bertz CT molecular complexity index is 722. The first kappa shape index (κ1) is 16.4. The van der Waals surface area contributed by atoms with E-state index in [-0.39, 0.29) is 11.9 Å². The lowest BCUT2D eigenvalue weighted by Crippen LogP contribution is -2.41. The number of nitrogens with two attached hydrogens (primary N) is 1. The summed E-state index contributed by atoms with van der Waals surface area (Å²) in [5.74, 6) is 0.926. The van der Waals surface area contributed by atoms with Crippen LogP contribution in [-0.4, -0.2) is 53.6 Å². The van der Waals surface area contributed by atoms with E-state index in [0.29, 0.717) is 12.5 Å². The van der Waals surface area contributed by atoms with Gasteiger partial charge >= 0.3 is 0 Å². The lowest BCUT2D eigenvalue weighted by atomic mass is 10.2. The molecule has 2 aromatic rings. The van der Waals surface area contributed by atoms with E-state index >= 15 is 0 Å². The number of hydrogen-bond acceptors (Lipinski definition) is 6. The zero-order valence-electron chi connectivity index (χ0n) is 13.6. The fourth-order valence-corrected chi connectivity index (χ4v) is 2.85. The zero-order chi connectivity index (χ0) is 16.9. The van der Waals surface area contributed by atoms with Crippen LogP contribution in [0.5, 0.6) is 11.6 Å². The summed E-state index contributed by atoms with van der Waals surface area (Å²) in [4.78, 5) is 22.2. The number of fused-ring (bicyclic) bond motifs is 1. The van der Waals surface area contributed by atoms with Crippen molar-refractivity contribution in [3.8, 4) is 11.6 Å². The van der Waals surface area contributed by atoms with Gasteiger partial charge in [0.15, 0.2) is 0 Å². The third-order valence-electron chi connectivity index (χ3n) is 4.06. The smallest absolute Gasteiger partial charge is 0.235 e. The summed E-state index contributed by atoms with van der Waals surface area (Å²) in [5, 5.41) is 0. The van der Waals surface area contributed by atoms with E-state index in [0.717, 1.165) is 42.7 Å². The predicted octanol–water partition coefficient (Wildman–Crippen LogP) is 1.17. The molecule has 1 amide bonds. The highest BCUT2D eigenvalue weighted by Gasteiger charge is 2.28. The Kier molecular flexibility index (Phi) is 5.10. The number of rotatable bonds is 7. The molecule has 1 aromatic heterocycles. The molecule has 2 N–H and O–H groups in total. The Labute approximate surface area is 140 Å². The Morgan fingerprint density at radius 3 is 3.08 bits per heavy atom. The number of nitrogens with zero attached hydrogens (tertiary/aromatic N) is 3. The van der Waals surface area contributed by atoms with Gasteiger partial charge in [-0.2, -0.15) is 0 Å². The second kappa shape index (κ2) is 7.44. The lowest BCUT2D eigenvalue weighted by Gasteiger charge is -2.21. The quantitative estimate of drug-likeness (QED) is 0.767. The molecule has 127 valence electrons. The summed E-state index contributed by atoms with van der Waals surface area (Å²) >= 11 is 0. The van der Waals surface area contributed by atoms with Crippen molar-refractivity contribution >= 4 is 16.9 Å². The van der Waals surface area contributed by atoms with E-state index in [1.807, 2.05) is 24.6 Å². The molecule has 1 radical (unpaired) electrons. The number of aromatic nitrogens is 2. The van der Waals surface area contributed by atoms with Crippen LogP contribution in [0.2, 0.25) is 0 Å². The molecule has 1 atom stereocenters. The van der Waals surface area contributed by atoms with Crippen LogP contribution >= 0.6 is 0 Å². The number of likely N-dealkylation sites (tertiary alicyclic amines) is 1. The lowest BCUT2D eigenvalue weighted by molar-refractivity contribution is -0.121. The molecule has 1 unspecified atom stereocenters. The maximum Gasteiger partial charge on any atom is 0.235 e. The Balaban J connectivity index is 1.53. The average Bonchev–Trinajstić information content (AvgIpc) is 3.07. The van der Waals surface area contributed by atoms with Crippen LogP contribution in [0.1, 0.15) is 12.8 Å². The number of carbonyl (C=O) groups is 1. The average molecular weight is 329 g/mol. The topological polar surface area (TPSA) is 90.6 Å². The van der Waals surface area contributed by atoms with Crippen LogP contribution in [0.3, 0.4) is 0 Å². The molecule has 1 saturated heterocycles. The Morgan fingerprint density at radius 1 is 1.42 bits per heavy atom. The summed E-state index contributed by atoms with van der Waals surface area (Å²) < 4.78 is 10.9. The number of ether oxygens (including phenoxy) is 2. The molecule has 1 aromatic carbocycles. The fourth-order valence-electron chi connectivity index (χ4n) is 2.85. The summed E-state index contributed by atoms with van der Waals surface area (Å²) in [6.07, 6.45) is 5.26. The second-order valence-electron chi connectivity index (χ2n) is 5.67. The van der Waals surface area contributed by atoms with E-state index in [4.69, 9.17) is 15.2 Å². The normalized spacial score (nSPS) is 18.0. The first-order valence-electron chi connectivity index (χ1n) is 7.97. The van der Waals surface area contributed by atoms with Crippen molar-refractivity contribution < 1.29 is 14.3 Å². The molecule has 0 aliphatic carbocycles. The van der Waals surface area contributed by atoms with Crippen molar-refractivity contribution in [2.75, 3.05) is 26.8 Å². The zero-order valence-corrected chi connectivity index (χ0v) is 13.6. The van der Waals surface area contributed by atoms with Gasteiger partial charge in [0.05, 0.1) is 37.0 Å². The Morgan fingerprint density at radius 2 is 2.29 bits per heavy atom. The molecule has 1 fully saturated rings. The molecule has 1 aliphatic heterocycles. The van der Waals surface area contributed by atoms with Gasteiger partial charge in [-0.05, 0) is 37.9 Å². The molecule has 0 saturated carbocycles. The summed E-state index contributed by atoms with van der Waals surface area (Å²) in [7, 11) is 1.62. The standard InChI is InChI=1S/C17H21N4O3/c1-23-12-5-6-13-14(10-12)20-16(11-19-13)24-9-3-8-21-7-2-4-15(21)17(18)22/h4-6,10-11,15H,2-3,7-9H2,1H3,(H2,18,22). The number of primary amides is 1. The molecular formula is C17H21N4O3. The molecule has 7 heteroatoms. The second-order valence-corrected chi connectivity index (χ2v) is 5.67. The molecule has 0 bridgehead atoms. The summed E-state index contributed by atoms with van der Waals surface area (Å²) in [6, 6.07) is 5.28. The molecule has 3 rings (SSSR count). The third kappa shape index (κ3) is 3.73. The van der Waals surface area contributed by atoms with Crippen molar-refractivity contribution in [1.29, 1.82) is 0 Å². The van der Waals surface area contributed by atoms with Gasteiger partial charge in [0.1, 0.15) is 5.75 Å². The maximum atomic E-state index is 11.3. The number of amides is 1. The minimum absolute atomic E-state index is 0.252. The van der Waals surface area contributed by atoms with Gasteiger partial charge in [-0.25, -0.2) is 9.97 Å². The van der Waals surface area contributed by atoms with Crippen molar-refractivity contribution in [2.45, 2.75) is 18.9 Å². The largest absolute Gasteiger partial charge is 0.497 e. The van der Waals surface area contributed by atoms with Gasteiger partial charge in [-0.3, -0.25) is 9.69 Å². The minimum Gasteiger partial charge on any atom is -0.497 e. The highest BCUT2D eigenvalue weighted by Crippen LogP contribution is 2.20. The molecule has 0 spiro atoms. The first-order chi connectivity index (χ1) is 11.7. The Hall–Kier alpha value is -2.41. The number of carbonyl (C=O) groups excluding carboxylic acids is 1.